The lowest BCUT2D eigenvalue weighted by Gasteiger charge is -2.30. The number of rotatable bonds is 46. The van der Waals surface area contributed by atoms with Crippen LogP contribution in [0.15, 0.2) is 0 Å². The SMILES string of the molecule is CCCCCCCCCCCCCCCCC(CCCCCCCC)(CCCCCCCC)C(=O)O.CCCCCCCCCCCCCCCCCC(=O)O. The van der Waals surface area contributed by atoms with Crippen LogP contribution in [-0.2, 0) is 9.59 Å². The fourth-order valence-corrected chi connectivity index (χ4v) is 8.49. The molecule has 0 unspecified atom stereocenters. The van der Waals surface area contributed by atoms with Crippen molar-refractivity contribution < 1.29 is 19.8 Å². The highest BCUT2D eigenvalue weighted by molar-refractivity contribution is 5.74. The van der Waals surface area contributed by atoms with Crippen LogP contribution < -0.4 is 0 Å². The summed E-state index contributed by atoms with van der Waals surface area (Å²) in [6.45, 7) is 9.07. The largest absolute Gasteiger partial charge is 0.481 e. The second-order valence-corrected chi connectivity index (χ2v) is 18.1. The zero-order chi connectivity index (χ0) is 41.5. The molecule has 0 aromatic heterocycles. The van der Waals surface area contributed by atoms with Crippen molar-refractivity contribution in [1.29, 1.82) is 0 Å². The molecule has 0 aliphatic carbocycles. The Balaban J connectivity index is 0. The summed E-state index contributed by atoms with van der Waals surface area (Å²) < 4.78 is 0. The van der Waals surface area contributed by atoms with Gasteiger partial charge in [0.15, 0.2) is 0 Å². The first kappa shape index (κ1) is 57.0. The summed E-state index contributed by atoms with van der Waals surface area (Å²) >= 11 is 0. The van der Waals surface area contributed by atoms with Crippen molar-refractivity contribution in [3.8, 4) is 0 Å². The Morgan fingerprint density at radius 3 is 0.643 bits per heavy atom. The van der Waals surface area contributed by atoms with E-state index in [-0.39, 0.29) is 0 Å². The molecule has 4 nitrogen and oxygen atoms in total. The van der Waals surface area contributed by atoms with E-state index in [1.807, 2.05) is 0 Å². The lowest BCUT2D eigenvalue weighted by molar-refractivity contribution is -0.151. The lowest BCUT2D eigenvalue weighted by Crippen LogP contribution is -2.31. The van der Waals surface area contributed by atoms with Crippen LogP contribution in [0.25, 0.3) is 0 Å². The molecule has 0 atom stereocenters. The Labute approximate surface area is 352 Å². The van der Waals surface area contributed by atoms with Crippen molar-refractivity contribution >= 4 is 11.9 Å². The van der Waals surface area contributed by atoms with E-state index in [0.29, 0.717) is 6.42 Å². The van der Waals surface area contributed by atoms with Crippen LogP contribution in [0.3, 0.4) is 0 Å². The molecule has 0 fully saturated rings. The molecular formula is C52H104O4. The second kappa shape index (κ2) is 48.3. The molecule has 2 N–H and O–H groups in total. The molecule has 0 spiro atoms. The van der Waals surface area contributed by atoms with Crippen LogP contribution in [0, 0.1) is 5.41 Å². The van der Waals surface area contributed by atoms with E-state index in [4.69, 9.17) is 5.11 Å². The van der Waals surface area contributed by atoms with Gasteiger partial charge in [0.1, 0.15) is 0 Å². The third-order valence-corrected chi connectivity index (χ3v) is 12.5. The molecule has 0 saturated carbocycles. The van der Waals surface area contributed by atoms with Gasteiger partial charge in [-0.1, -0.05) is 285 Å². The number of hydrogen-bond acceptors (Lipinski definition) is 2. The van der Waals surface area contributed by atoms with Crippen LogP contribution in [0.5, 0.6) is 0 Å². The Morgan fingerprint density at radius 2 is 0.464 bits per heavy atom. The maximum atomic E-state index is 12.5. The predicted octanol–water partition coefficient (Wildman–Crippen LogP) is 18.8. The van der Waals surface area contributed by atoms with Crippen molar-refractivity contribution in [3.63, 3.8) is 0 Å². The van der Waals surface area contributed by atoms with Gasteiger partial charge in [-0.15, -0.1) is 0 Å². The highest BCUT2D eigenvalue weighted by atomic mass is 16.4. The van der Waals surface area contributed by atoms with Crippen molar-refractivity contribution in [2.24, 2.45) is 5.41 Å². The van der Waals surface area contributed by atoms with E-state index < -0.39 is 17.4 Å². The van der Waals surface area contributed by atoms with Gasteiger partial charge in [0.05, 0.1) is 5.41 Å². The standard InChI is InChI=1S/C34H68O2.C18H36O2/c1-4-7-10-13-16-17-18-19-20-21-22-23-26-29-32-34(33(35)36,30-27-24-14-11-8-5-2)31-28-25-15-12-9-6-3;1-2-3-4-5-6-7-8-9-10-11-12-13-14-15-16-17-18(19)20/h4-32H2,1-3H3,(H,35,36);2-17H2,1H3,(H,19,20). The van der Waals surface area contributed by atoms with Gasteiger partial charge in [0.25, 0.3) is 0 Å². The number of unbranched alkanes of at least 4 members (excludes halogenated alkanes) is 37. The van der Waals surface area contributed by atoms with Crippen LogP contribution >= 0.6 is 0 Å². The van der Waals surface area contributed by atoms with Gasteiger partial charge in [-0.2, -0.15) is 0 Å². The van der Waals surface area contributed by atoms with E-state index in [0.717, 1.165) is 51.4 Å². The molecule has 0 saturated heterocycles. The number of carboxylic acids is 2. The van der Waals surface area contributed by atoms with E-state index in [9.17, 15) is 14.7 Å². The van der Waals surface area contributed by atoms with Crippen molar-refractivity contribution in [2.75, 3.05) is 0 Å². The molecule has 0 radical (unpaired) electrons. The summed E-state index contributed by atoms with van der Waals surface area (Å²) in [6, 6.07) is 0. The minimum absolute atomic E-state index is 0.345. The molecule has 0 amide bonds. The summed E-state index contributed by atoms with van der Waals surface area (Å²) in [5.41, 5.74) is -0.452. The molecule has 0 aromatic carbocycles. The van der Waals surface area contributed by atoms with Crippen molar-refractivity contribution in [3.05, 3.63) is 0 Å². The molecular weight excluding hydrogens is 689 g/mol. The summed E-state index contributed by atoms with van der Waals surface area (Å²) in [7, 11) is 0. The second-order valence-electron chi connectivity index (χ2n) is 18.1. The predicted molar refractivity (Wildman–Crippen MR) is 248 cm³/mol. The minimum Gasteiger partial charge on any atom is -0.481 e. The Hall–Kier alpha value is -1.06. The van der Waals surface area contributed by atoms with Gasteiger partial charge in [0.2, 0.25) is 0 Å². The maximum absolute atomic E-state index is 12.5. The van der Waals surface area contributed by atoms with Gasteiger partial charge in [-0.3, -0.25) is 9.59 Å². The fourth-order valence-electron chi connectivity index (χ4n) is 8.49. The molecule has 0 aliphatic rings. The van der Waals surface area contributed by atoms with E-state index in [1.54, 1.807) is 0 Å². The van der Waals surface area contributed by atoms with Crippen molar-refractivity contribution in [1.82, 2.24) is 0 Å². The quantitative estimate of drug-likeness (QED) is 0.0602. The van der Waals surface area contributed by atoms with Crippen LogP contribution in [0.4, 0.5) is 0 Å². The monoisotopic (exact) mass is 793 g/mol. The van der Waals surface area contributed by atoms with E-state index >= 15 is 0 Å². The molecule has 4 heteroatoms. The van der Waals surface area contributed by atoms with Crippen molar-refractivity contribution in [2.45, 2.75) is 317 Å². The third kappa shape index (κ3) is 44.1. The molecule has 336 valence electrons. The Bertz CT molecular complexity index is 748. The van der Waals surface area contributed by atoms with Crippen LogP contribution in [0.2, 0.25) is 0 Å². The first-order chi connectivity index (χ1) is 27.4. The summed E-state index contributed by atoms with van der Waals surface area (Å²) in [6.07, 6.45) is 56.9. The average molecular weight is 793 g/mol. The number of carboxylic acid groups (broad SMARTS) is 2. The third-order valence-electron chi connectivity index (χ3n) is 12.5. The topological polar surface area (TPSA) is 74.6 Å². The van der Waals surface area contributed by atoms with Crippen LogP contribution in [-0.4, -0.2) is 22.2 Å². The van der Waals surface area contributed by atoms with Crippen LogP contribution in [0.1, 0.15) is 317 Å². The highest BCUT2D eigenvalue weighted by Gasteiger charge is 2.36. The Kier molecular flexibility index (Phi) is 49.2. The molecule has 0 heterocycles. The van der Waals surface area contributed by atoms with Gasteiger partial charge >= 0.3 is 11.9 Å². The highest BCUT2D eigenvalue weighted by Crippen LogP contribution is 2.38. The average Bonchev–Trinajstić information content (AvgIpc) is 3.18. The minimum atomic E-state index is -0.653. The van der Waals surface area contributed by atoms with E-state index in [2.05, 4.69) is 27.7 Å². The van der Waals surface area contributed by atoms with Gasteiger partial charge in [0, 0.05) is 6.42 Å². The number of hydrogen-bond donors (Lipinski definition) is 2. The molecule has 0 aromatic rings. The molecule has 0 rings (SSSR count). The van der Waals surface area contributed by atoms with Gasteiger partial charge < -0.3 is 10.2 Å². The van der Waals surface area contributed by atoms with Gasteiger partial charge in [-0.25, -0.2) is 0 Å². The molecule has 56 heavy (non-hydrogen) atoms. The Morgan fingerprint density at radius 1 is 0.286 bits per heavy atom. The molecule has 0 bridgehead atoms. The summed E-state index contributed by atoms with van der Waals surface area (Å²) in [4.78, 5) is 22.9. The number of aliphatic carboxylic acids is 2. The zero-order valence-electron chi connectivity index (χ0n) is 39.0. The normalized spacial score (nSPS) is 11.5. The first-order valence-electron chi connectivity index (χ1n) is 25.8. The number of carbonyl (C=O) groups is 2. The fraction of sp³-hybridized carbons (Fsp3) is 0.962. The van der Waals surface area contributed by atoms with E-state index in [1.165, 1.54) is 231 Å². The van der Waals surface area contributed by atoms with Gasteiger partial charge in [-0.05, 0) is 25.7 Å². The summed E-state index contributed by atoms with van der Waals surface area (Å²) in [5, 5.41) is 18.8. The first-order valence-corrected chi connectivity index (χ1v) is 25.8. The maximum Gasteiger partial charge on any atom is 0.309 e. The zero-order valence-corrected chi connectivity index (χ0v) is 39.0. The summed E-state index contributed by atoms with van der Waals surface area (Å²) in [5.74, 6) is -1.15. The smallest absolute Gasteiger partial charge is 0.309 e. The lowest BCUT2D eigenvalue weighted by atomic mass is 9.74. The molecule has 0 aliphatic heterocycles.